The third kappa shape index (κ3) is 2.86. The molecule has 0 saturated heterocycles. The molecule has 1 N–H and O–H groups in total. The zero-order valence-corrected chi connectivity index (χ0v) is 10.7. The SMILES string of the molecule is CCCNC(CC)c1ccc2ccccc2c1. The van der Waals surface area contributed by atoms with Crippen molar-refractivity contribution in [1.82, 2.24) is 5.32 Å². The van der Waals surface area contributed by atoms with Crippen LogP contribution in [0, 0.1) is 0 Å². The Morgan fingerprint density at radius 1 is 1.00 bits per heavy atom. The van der Waals surface area contributed by atoms with E-state index < -0.39 is 0 Å². The number of fused-ring (bicyclic) bond motifs is 1. The van der Waals surface area contributed by atoms with Gasteiger partial charge >= 0.3 is 0 Å². The van der Waals surface area contributed by atoms with Crippen LogP contribution in [0.5, 0.6) is 0 Å². The van der Waals surface area contributed by atoms with Gasteiger partial charge in [-0.25, -0.2) is 0 Å². The maximum absolute atomic E-state index is 3.60. The zero-order valence-electron chi connectivity index (χ0n) is 10.7. The Labute approximate surface area is 104 Å². The molecule has 0 aromatic heterocycles. The summed E-state index contributed by atoms with van der Waals surface area (Å²) < 4.78 is 0. The molecule has 1 atom stereocenters. The topological polar surface area (TPSA) is 12.0 Å². The van der Waals surface area contributed by atoms with Crippen molar-refractivity contribution in [3.63, 3.8) is 0 Å². The van der Waals surface area contributed by atoms with E-state index >= 15 is 0 Å². The Kier molecular flexibility index (Phi) is 4.16. The lowest BCUT2D eigenvalue weighted by atomic mass is 10.0. The fraction of sp³-hybridized carbons (Fsp3) is 0.375. The highest BCUT2D eigenvalue weighted by molar-refractivity contribution is 5.83. The molecular formula is C16H21N. The van der Waals surface area contributed by atoms with Crippen LogP contribution in [0.25, 0.3) is 10.8 Å². The molecule has 0 aliphatic heterocycles. The summed E-state index contributed by atoms with van der Waals surface area (Å²) in [5.74, 6) is 0. The maximum atomic E-state index is 3.60. The molecule has 90 valence electrons. The first-order chi connectivity index (χ1) is 8.35. The Morgan fingerprint density at radius 2 is 1.76 bits per heavy atom. The van der Waals surface area contributed by atoms with E-state index in [4.69, 9.17) is 0 Å². The molecule has 2 rings (SSSR count). The molecule has 1 nitrogen and oxygen atoms in total. The summed E-state index contributed by atoms with van der Waals surface area (Å²) in [5.41, 5.74) is 1.40. The molecule has 2 aromatic carbocycles. The predicted octanol–water partition coefficient (Wildman–Crippen LogP) is 4.29. The van der Waals surface area contributed by atoms with Gasteiger partial charge in [0.05, 0.1) is 0 Å². The molecule has 0 spiro atoms. The molecule has 0 aliphatic carbocycles. The summed E-state index contributed by atoms with van der Waals surface area (Å²) in [5, 5.41) is 6.26. The Morgan fingerprint density at radius 3 is 2.47 bits per heavy atom. The zero-order chi connectivity index (χ0) is 12.1. The van der Waals surface area contributed by atoms with Gasteiger partial charge in [-0.3, -0.25) is 0 Å². The fourth-order valence-electron chi connectivity index (χ4n) is 2.24. The highest BCUT2D eigenvalue weighted by Gasteiger charge is 2.08. The molecule has 0 heterocycles. The van der Waals surface area contributed by atoms with Crippen LogP contribution in [0.15, 0.2) is 42.5 Å². The van der Waals surface area contributed by atoms with Crippen LogP contribution in [-0.2, 0) is 0 Å². The van der Waals surface area contributed by atoms with Gasteiger partial charge in [-0.05, 0) is 41.8 Å². The van der Waals surface area contributed by atoms with Gasteiger partial charge in [-0.15, -0.1) is 0 Å². The van der Waals surface area contributed by atoms with E-state index in [1.807, 2.05) is 0 Å². The van der Waals surface area contributed by atoms with Crippen molar-refractivity contribution in [3.8, 4) is 0 Å². The van der Waals surface area contributed by atoms with Crippen molar-refractivity contribution >= 4 is 10.8 Å². The number of nitrogens with one attached hydrogen (secondary N) is 1. The van der Waals surface area contributed by atoms with E-state index in [0.29, 0.717) is 6.04 Å². The van der Waals surface area contributed by atoms with Crippen molar-refractivity contribution in [2.45, 2.75) is 32.7 Å². The van der Waals surface area contributed by atoms with E-state index in [2.05, 4.69) is 61.6 Å². The molecule has 0 fully saturated rings. The van der Waals surface area contributed by atoms with Gasteiger partial charge < -0.3 is 5.32 Å². The van der Waals surface area contributed by atoms with Crippen molar-refractivity contribution < 1.29 is 0 Å². The first-order valence-electron chi connectivity index (χ1n) is 6.57. The second-order valence-corrected chi connectivity index (χ2v) is 4.52. The Bertz CT molecular complexity index is 476. The van der Waals surface area contributed by atoms with Crippen LogP contribution < -0.4 is 5.32 Å². The lowest BCUT2D eigenvalue weighted by molar-refractivity contribution is 0.519. The second-order valence-electron chi connectivity index (χ2n) is 4.52. The Balaban J connectivity index is 2.27. The molecular weight excluding hydrogens is 206 g/mol. The predicted molar refractivity (Wildman–Crippen MR) is 75.3 cm³/mol. The van der Waals surface area contributed by atoms with Gasteiger partial charge in [0.25, 0.3) is 0 Å². The summed E-state index contributed by atoms with van der Waals surface area (Å²) in [6, 6.07) is 15.8. The standard InChI is InChI=1S/C16H21N/c1-3-11-17-16(4-2)15-10-9-13-7-5-6-8-14(13)12-15/h5-10,12,16-17H,3-4,11H2,1-2H3. The third-order valence-electron chi connectivity index (χ3n) is 3.22. The normalized spacial score (nSPS) is 12.8. The van der Waals surface area contributed by atoms with Gasteiger partial charge in [0, 0.05) is 6.04 Å². The van der Waals surface area contributed by atoms with E-state index in [1.165, 1.54) is 22.8 Å². The Hall–Kier alpha value is -1.34. The summed E-state index contributed by atoms with van der Waals surface area (Å²) >= 11 is 0. The van der Waals surface area contributed by atoms with E-state index in [1.54, 1.807) is 0 Å². The third-order valence-corrected chi connectivity index (χ3v) is 3.22. The van der Waals surface area contributed by atoms with Crippen LogP contribution >= 0.6 is 0 Å². The monoisotopic (exact) mass is 227 g/mol. The fourth-order valence-corrected chi connectivity index (χ4v) is 2.24. The average Bonchev–Trinajstić information content (AvgIpc) is 2.39. The van der Waals surface area contributed by atoms with Crippen LogP contribution in [0.1, 0.15) is 38.3 Å². The summed E-state index contributed by atoms with van der Waals surface area (Å²) in [6.45, 7) is 5.54. The minimum Gasteiger partial charge on any atom is -0.310 e. The summed E-state index contributed by atoms with van der Waals surface area (Å²) in [7, 11) is 0. The first-order valence-corrected chi connectivity index (χ1v) is 6.57. The van der Waals surface area contributed by atoms with Gasteiger partial charge in [-0.1, -0.05) is 50.2 Å². The van der Waals surface area contributed by atoms with E-state index in [9.17, 15) is 0 Å². The van der Waals surface area contributed by atoms with E-state index in [-0.39, 0.29) is 0 Å². The highest BCUT2D eigenvalue weighted by Crippen LogP contribution is 2.22. The molecule has 1 heteroatoms. The summed E-state index contributed by atoms with van der Waals surface area (Å²) in [4.78, 5) is 0. The van der Waals surface area contributed by atoms with Crippen molar-refractivity contribution in [2.24, 2.45) is 0 Å². The number of hydrogen-bond donors (Lipinski definition) is 1. The number of rotatable bonds is 5. The number of benzene rings is 2. The molecule has 0 radical (unpaired) electrons. The average molecular weight is 227 g/mol. The lowest BCUT2D eigenvalue weighted by Crippen LogP contribution is -2.21. The minimum absolute atomic E-state index is 0.486. The summed E-state index contributed by atoms with van der Waals surface area (Å²) in [6.07, 6.45) is 2.32. The maximum Gasteiger partial charge on any atom is 0.0317 e. The van der Waals surface area contributed by atoms with Gasteiger partial charge in [0.2, 0.25) is 0 Å². The minimum atomic E-state index is 0.486. The first kappa shape index (κ1) is 12.1. The molecule has 2 aromatic rings. The van der Waals surface area contributed by atoms with Crippen LogP contribution in [0.4, 0.5) is 0 Å². The lowest BCUT2D eigenvalue weighted by Gasteiger charge is -2.17. The highest BCUT2D eigenvalue weighted by atomic mass is 14.9. The van der Waals surface area contributed by atoms with Crippen LogP contribution in [-0.4, -0.2) is 6.54 Å². The van der Waals surface area contributed by atoms with Crippen LogP contribution in [0.2, 0.25) is 0 Å². The smallest absolute Gasteiger partial charge is 0.0317 e. The molecule has 0 aliphatic rings. The van der Waals surface area contributed by atoms with Crippen molar-refractivity contribution in [2.75, 3.05) is 6.54 Å². The van der Waals surface area contributed by atoms with Gasteiger partial charge in [0.1, 0.15) is 0 Å². The number of hydrogen-bond acceptors (Lipinski definition) is 1. The molecule has 17 heavy (non-hydrogen) atoms. The quantitative estimate of drug-likeness (QED) is 0.803. The molecule has 0 saturated carbocycles. The van der Waals surface area contributed by atoms with Gasteiger partial charge in [-0.2, -0.15) is 0 Å². The van der Waals surface area contributed by atoms with Gasteiger partial charge in [0.15, 0.2) is 0 Å². The van der Waals surface area contributed by atoms with Crippen molar-refractivity contribution in [1.29, 1.82) is 0 Å². The molecule has 1 unspecified atom stereocenters. The van der Waals surface area contributed by atoms with E-state index in [0.717, 1.165) is 13.0 Å². The largest absolute Gasteiger partial charge is 0.310 e. The van der Waals surface area contributed by atoms with Crippen LogP contribution in [0.3, 0.4) is 0 Å². The molecule has 0 bridgehead atoms. The molecule has 0 amide bonds. The van der Waals surface area contributed by atoms with Crippen molar-refractivity contribution in [3.05, 3.63) is 48.0 Å². The second kappa shape index (κ2) is 5.83.